The Balaban J connectivity index is 2.33. The molecule has 104 valence electrons. The highest BCUT2D eigenvalue weighted by Crippen LogP contribution is 2.30. The number of amides is 1. The molecule has 0 spiro atoms. The van der Waals surface area contributed by atoms with Gasteiger partial charge in [-0.3, -0.25) is 4.79 Å². The van der Waals surface area contributed by atoms with Gasteiger partial charge in [-0.15, -0.1) is 0 Å². The van der Waals surface area contributed by atoms with Crippen molar-refractivity contribution in [2.24, 2.45) is 0 Å². The van der Waals surface area contributed by atoms with Gasteiger partial charge in [-0.2, -0.15) is 0 Å². The minimum absolute atomic E-state index is 0.0650. The molecular weight excluding hydrogens is 329 g/mol. The predicted octanol–water partition coefficient (Wildman–Crippen LogP) is 3.56. The van der Waals surface area contributed by atoms with Crippen molar-refractivity contribution in [2.75, 3.05) is 5.32 Å². The summed E-state index contributed by atoms with van der Waals surface area (Å²) in [4.78, 5) is 12.0. The molecule has 0 atom stereocenters. The van der Waals surface area contributed by atoms with E-state index < -0.39 is 17.5 Å². The zero-order chi connectivity index (χ0) is 14.9. The lowest BCUT2D eigenvalue weighted by atomic mass is 10.1. The van der Waals surface area contributed by atoms with E-state index in [2.05, 4.69) is 21.2 Å². The summed E-state index contributed by atoms with van der Waals surface area (Å²) in [5.41, 5.74) is 0.884. The first-order valence-electron chi connectivity index (χ1n) is 5.68. The van der Waals surface area contributed by atoms with Crippen molar-refractivity contribution in [1.29, 1.82) is 0 Å². The Labute approximate surface area is 123 Å². The molecule has 0 saturated carbocycles. The summed E-state index contributed by atoms with van der Waals surface area (Å²) in [6.07, 6.45) is 0. The minimum Gasteiger partial charge on any atom is -0.504 e. The molecule has 0 aliphatic rings. The average molecular weight is 340 g/mol. The summed E-state index contributed by atoms with van der Waals surface area (Å²) in [6.45, 7) is 1.65. The first kappa shape index (κ1) is 14.3. The average Bonchev–Trinajstić information content (AvgIpc) is 2.39. The smallest absolute Gasteiger partial charge is 0.259 e. The highest BCUT2D eigenvalue weighted by Gasteiger charge is 2.15. The van der Waals surface area contributed by atoms with E-state index in [4.69, 9.17) is 0 Å². The maximum Gasteiger partial charge on any atom is 0.259 e. The molecule has 2 rings (SSSR count). The first-order chi connectivity index (χ1) is 9.40. The third kappa shape index (κ3) is 2.75. The van der Waals surface area contributed by atoms with Crippen LogP contribution >= 0.6 is 15.9 Å². The van der Waals surface area contributed by atoms with Gasteiger partial charge >= 0.3 is 0 Å². The number of anilines is 1. The molecule has 0 heterocycles. The van der Waals surface area contributed by atoms with E-state index in [0.29, 0.717) is 11.3 Å². The van der Waals surface area contributed by atoms with Crippen LogP contribution in [0.25, 0.3) is 0 Å². The van der Waals surface area contributed by atoms with Gasteiger partial charge in [-0.25, -0.2) is 4.39 Å². The highest BCUT2D eigenvalue weighted by atomic mass is 79.9. The van der Waals surface area contributed by atoms with Crippen LogP contribution in [0.1, 0.15) is 15.9 Å². The first-order valence-corrected chi connectivity index (χ1v) is 6.47. The summed E-state index contributed by atoms with van der Waals surface area (Å²) >= 11 is 3.04. The van der Waals surface area contributed by atoms with Gasteiger partial charge in [0.15, 0.2) is 11.5 Å². The van der Waals surface area contributed by atoms with E-state index in [9.17, 15) is 19.4 Å². The van der Waals surface area contributed by atoms with E-state index >= 15 is 0 Å². The molecule has 3 N–H and O–H groups in total. The van der Waals surface area contributed by atoms with Crippen LogP contribution in [-0.2, 0) is 0 Å². The lowest BCUT2D eigenvalue weighted by Crippen LogP contribution is -2.13. The highest BCUT2D eigenvalue weighted by molar-refractivity contribution is 9.10. The number of halogens is 2. The molecule has 0 unspecified atom stereocenters. The van der Waals surface area contributed by atoms with Crippen molar-refractivity contribution in [3.63, 3.8) is 0 Å². The van der Waals surface area contributed by atoms with Crippen LogP contribution in [0.15, 0.2) is 34.8 Å². The monoisotopic (exact) mass is 339 g/mol. The molecule has 0 radical (unpaired) electrons. The Morgan fingerprint density at radius 1 is 1.30 bits per heavy atom. The number of carbonyl (C=O) groups excluding carboxylic acids is 1. The van der Waals surface area contributed by atoms with Crippen LogP contribution in [-0.4, -0.2) is 16.1 Å². The fourth-order valence-corrected chi connectivity index (χ4v) is 2.03. The fraction of sp³-hybridized carbons (Fsp3) is 0.0714. The van der Waals surface area contributed by atoms with Crippen molar-refractivity contribution in [2.45, 2.75) is 6.92 Å². The normalized spacial score (nSPS) is 10.3. The second-order valence-electron chi connectivity index (χ2n) is 4.21. The summed E-state index contributed by atoms with van der Waals surface area (Å²) < 4.78 is 13.5. The van der Waals surface area contributed by atoms with Crippen LogP contribution in [0, 0.1) is 12.7 Å². The minimum atomic E-state index is -0.597. The second kappa shape index (κ2) is 5.50. The molecule has 0 fully saturated rings. The Bertz CT molecular complexity index is 688. The van der Waals surface area contributed by atoms with Crippen LogP contribution < -0.4 is 5.32 Å². The van der Waals surface area contributed by atoms with Crippen molar-refractivity contribution >= 4 is 27.5 Å². The Morgan fingerprint density at radius 3 is 2.70 bits per heavy atom. The molecule has 0 aliphatic carbocycles. The van der Waals surface area contributed by atoms with Crippen LogP contribution in [0.3, 0.4) is 0 Å². The number of phenolic OH excluding ortho intramolecular Hbond substituents is 2. The number of hydrogen-bond donors (Lipinski definition) is 3. The molecule has 0 saturated heterocycles. The maximum absolute atomic E-state index is 13.3. The largest absolute Gasteiger partial charge is 0.504 e. The molecule has 2 aromatic carbocycles. The van der Waals surface area contributed by atoms with Gasteiger partial charge in [-0.05, 0) is 52.7 Å². The number of benzene rings is 2. The van der Waals surface area contributed by atoms with Gasteiger partial charge in [-0.1, -0.05) is 6.07 Å². The van der Waals surface area contributed by atoms with Crippen molar-refractivity contribution in [1.82, 2.24) is 0 Å². The van der Waals surface area contributed by atoms with Gasteiger partial charge in [0, 0.05) is 5.69 Å². The molecule has 0 aliphatic heterocycles. The second-order valence-corrected chi connectivity index (χ2v) is 5.06. The van der Waals surface area contributed by atoms with E-state index in [1.807, 2.05) is 0 Å². The number of para-hydroxylation sites is 1. The number of carbonyl (C=O) groups is 1. The van der Waals surface area contributed by atoms with Crippen molar-refractivity contribution < 1.29 is 19.4 Å². The quantitative estimate of drug-likeness (QED) is 0.732. The summed E-state index contributed by atoms with van der Waals surface area (Å²) in [7, 11) is 0. The molecule has 1 amide bonds. The van der Waals surface area contributed by atoms with Gasteiger partial charge < -0.3 is 15.5 Å². The molecule has 20 heavy (non-hydrogen) atoms. The van der Waals surface area contributed by atoms with Gasteiger partial charge in [0.1, 0.15) is 5.82 Å². The fourth-order valence-electron chi connectivity index (χ4n) is 1.69. The Morgan fingerprint density at radius 2 is 2.00 bits per heavy atom. The maximum atomic E-state index is 13.3. The molecule has 6 heteroatoms. The predicted molar refractivity (Wildman–Crippen MR) is 76.6 cm³/mol. The zero-order valence-electron chi connectivity index (χ0n) is 10.4. The van der Waals surface area contributed by atoms with E-state index in [-0.39, 0.29) is 15.8 Å². The third-order valence-corrected chi connectivity index (χ3v) is 3.38. The van der Waals surface area contributed by atoms with Gasteiger partial charge in [0.25, 0.3) is 5.91 Å². The summed E-state index contributed by atoms with van der Waals surface area (Å²) in [5.74, 6) is -1.90. The zero-order valence-corrected chi connectivity index (χ0v) is 12.0. The Hall–Kier alpha value is -2.08. The number of phenols is 2. The lowest BCUT2D eigenvalue weighted by molar-refractivity contribution is 0.102. The van der Waals surface area contributed by atoms with Crippen LogP contribution in [0.5, 0.6) is 11.5 Å². The van der Waals surface area contributed by atoms with Gasteiger partial charge in [0.05, 0.1) is 10.0 Å². The topological polar surface area (TPSA) is 69.6 Å². The van der Waals surface area contributed by atoms with Crippen LogP contribution in [0.4, 0.5) is 10.1 Å². The van der Waals surface area contributed by atoms with Crippen LogP contribution in [0.2, 0.25) is 0 Å². The summed E-state index contributed by atoms with van der Waals surface area (Å²) in [6, 6.07) is 6.80. The number of aryl methyl sites for hydroxylation is 1. The molecule has 2 aromatic rings. The Kier molecular flexibility index (Phi) is 3.94. The molecule has 4 nitrogen and oxygen atoms in total. The standard InChI is InChI=1S/C14H11BrFNO3/c1-7-5-10(16)9(15)6-11(7)17-14(20)8-3-2-4-12(18)13(8)19/h2-6,18-19H,1H3,(H,17,20). The third-order valence-electron chi connectivity index (χ3n) is 2.77. The molecule has 0 aromatic heterocycles. The van der Waals surface area contributed by atoms with E-state index in [0.717, 1.165) is 0 Å². The number of aromatic hydroxyl groups is 2. The SMILES string of the molecule is Cc1cc(F)c(Br)cc1NC(=O)c1cccc(O)c1O. The van der Waals surface area contributed by atoms with E-state index in [1.54, 1.807) is 6.92 Å². The molecular formula is C14H11BrFNO3. The number of rotatable bonds is 2. The molecule has 0 bridgehead atoms. The summed E-state index contributed by atoms with van der Waals surface area (Å²) in [5, 5.41) is 21.6. The lowest BCUT2D eigenvalue weighted by Gasteiger charge is -2.11. The van der Waals surface area contributed by atoms with Gasteiger partial charge in [0.2, 0.25) is 0 Å². The van der Waals surface area contributed by atoms with E-state index in [1.165, 1.54) is 30.3 Å². The van der Waals surface area contributed by atoms with Crippen molar-refractivity contribution in [3.8, 4) is 11.5 Å². The van der Waals surface area contributed by atoms with Crippen molar-refractivity contribution in [3.05, 3.63) is 51.7 Å². The number of hydrogen-bond acceptors (Lipinski definition) is 3. The number of nitrogens with one attached hydrogen (secondary N) is 1.